The van der Waals surface area contributed by atoms with Crippen molar-refractivity contribution in [3.63, 3.8) is 0 Å². The Morgan fingerprint density at radius 3 is 2.86 bits per heavy atom. The van der Waals surface area contributed by atoms with Gasteiger partial charge in [-0.15, -0.1) is 0 Å². The van der Waals surface area contributed by atoms with E-state index in [1.165, 1.54) is 30.2 Å². The van der Waals surface area contributed by atoms with Gasteiger partial charge in [-0.25, -0.2) is 0 Å². The zero-order valence-electron chi connectivity index (χ0n) is 12.3. The molecule has 0 bridgehead atoms. The van der Waals surface area contributed by atoms with Gasteiger partial charge in [0, 0.05) is 19.2 Å². The number of nitro benzene ring substituents is 1. The molecule has 0 atom stereocenters. The third kappa shape index (κ3) is 3.30. The van der Waals surface area contributed by atoms with Crippen molar-refractivity contribution in [1.82, 2.24) is 0 Å². The summed E-state index contributed by atoms with van der Waals surface area (Å²) >= 11 is 0. The Bertz CT molecular complexity index is 570. The average Bonchev–Trinajstić information content (AvgIpc) is 2.42. The number of hydrogen-bond donors (Lipinski definition) is 0. The quantitative estimate of drug-likeness (QED) is 0.627. The molecular weight excluding hydrogens is 276 g/mol. The van der Waals surface area contributed by atoms with Crippen LogP contribution in [0.5, 0.6) is 5.75 Å². The number of benzene rings is 1. The number of nitrogens with zero attached hydrogens (tertiary/aromatic N) is 2. The van der Waals surface area contributed by atoms with Gasteiger partial charge in [0.2, 0.25) is 5.91 Å². The van der Waals surface area contributed by atoms with Gasteiger partial charge in [-0.2, -0.15) is 0 Å². The van der Waals surface area contributed by atoms with Crippen LogP contribution in [-0.4, -0.2) is 36.7 Å². The summed E-state index contributed by atoms with van der Waals surface area (Å²) < 4.78 is 10.7. The summed E-state index contributed by atoms with van der Waals surface area (Å²) in [5.41, 5.74) is -0.183. The highest BCUT2D eigenvalue weighted by Crippen LogP contribution is 2.39. The van der Waals surface area contributed by atoms with Crippen molar-refractivity contribution in [2.45, 2.75) is 25.9 Å². The summed E-state index contributed by atoms with van der Waals surface area (Å²) in [5, 5.41) is 10.9. The first kappa shape index (κ1) is 15.2. The molecule has 2 rings (SSSR count). The lowest BCUT2D eigenvalue weighted by Crippen LogP contribution is -2.49. The molecule has 1 amide bonds. The van der Waals surface area contributed by atoms with Crippen molar-refractivity contribution in [2.75, 3.05) is 25.2 Å². The number of anilines is 1. The fourth-order valence-electron chi connectivity index (χ4n) is 2.26. The number of methoxy groups -OCH3 is 1. The van der Waals surface area contributed by atoms with Crippen molar-refractivity contribution in [3.05, 3.63) is 28.3 Å². The van der Waals surface area contributed by atoms with E-state index in [-0.39, 0.29) is 18.0 Å². The zero-order chi connectivity index (χ0) is 15.6. The summed E-state index contributed by atoms with van der Waals surface area (Å²) in [6.07, 6.45) is 0.217. The highest BCUT2D eigenvalue weighted by atomic mass is 16.6. The average molecular weight is 294 g/mol. The van der Waals surface area contributed by atoms with Crippen LogP contribution in [0.3, 0.4) is 0 Å². The molecule has 1 heterocycles. The second kappa shape index (κ2) is 5.69. The van der Waals surface area contributed by atoms with Crippen molar-refractivity contribution in [1.29, 1.82) is 0 Å². The van der Waals surface area contributed by atoms with Crippen molar-refractivity contribution in [2.24, 2.45) is 0 Å². The summed E-state index contributed by atoms with van der Waals surface area (Å²) in [4.78, 5) is 24.3. The first-order valence-electron chi connectivity index (χ1n) is 6.61. The summed E-state index contributed by atoms with van der Waals surface area (Å²) in [7, 11) is 1.52. The first-order chi connectivity index (χ1) is 9.84. The van der Waals surface area contributed by atoms with E-state index in [1.807, 2.05) is 13.8 Å². The molecule has 0 spiro atoms. The second-order valence-corrected chi connectivity index (χ2v) is 5.49. The van der Waals surface area contributed by atoms with E-state index in [1.54, 1.807) is 0 Å². The van der Waals surface area contributed by atoms with Crippen LogP contribution in [0.4, 0.5) is 11.4 Å². The van der Waals surface area contributed by atoms with E-state index in [0.29, 0.717) is 24.6 Å². The van der Waals surface area contributed by atoms with Crippen LogP contribution in [0.15, 0.2) is 18.2 Å². The Hall–Kier alpha value is -2.15. The largest absolute Gasteiger partial charge is 0.484 e. The lowest BCUT2D eigenvalue weighted by molar-refractivity contribution is -0.384. The Morgan fingerprint density at radius 1 is 1.52 bits per heavy atom. The van der Waals surface area contributed by atoms with Gasteiger partial charge in [0.1, 0.15) is 11.4 Å². The molecule has 114 valence electrons. The van der Waals surface area contributed by atoms with E-state index in [0.717, 1.165) is 0 Å². The van der Waals surface area contributed by atoms with Gasteiger partial charge < -0.3 is 14.4 Å². The van der Waals surface area contributed by atoms with Crippen LogP contribution in [0, 0.1) is 10.1 Å². The van der Waals surface area contributed by atoms with Gasteiger partial charge in [-0.3, -0.25) is 14.9 Å². The zero-order valence-corrected chi connectivity index (χ0v) is 12.3. The monoisotopic (exact) mass is 294 g/mol. The Balaban J connectivity index is 2.39. The van der Waals surface area contributed by atoms with Gasteiger partial charge in [-0.1, -0.05) is 0 Å². The third-order valence-electron chi connectivity index (χ3n) is 3.19. The van der Waals surface area contributed by atoms with Crippen LogP contribution in [0.2, 0.25) is 0 Å². The third-order valence-corrected chi connectivity index (χ3v) is 3.19. The van der Waals surface area contributed by atoms with Crippen LogP contribution in [-0.2, 0) is 9.53 Å². The van der Waals surface area contributed by atoms with E-state index < -0.39 is 10.5 Å². The van der Waals surface area contributed by atoms with Crippen LogP contribution in [0.25, 0.3) is 0 Å². The SMILES string of the molecule is COCCC(=O)N1CC(C)(C)Oc2ccc([N+](=O)[O-])cc21. The van der Waals surface area contributed by atoms with Gasteiger partial charge in [0.05, 0.1) is 30.2 Å². The summed E-state index contributed by atoms with van der Waals surface area (Å²) in [6.45, 7) is 4.38. The molecule has 1 aliphatic rings. The molecule has 0 unspecified atom stereocenters. The number of ether oxygens (including phenoxy) is 2. The number of amides is 1. The van der Waals surface area contributed by atoms with E-state index >= 15 is 0 Å². The van der Waals surface area contributed by atoms with Crippen molar-refractivity contribution in [3.8, 4) is 5.75 Å². The minimum Gasteiger partial charge on any atom is -0.484 e. The molecule has 0 aromatic heterocycles. The van der Waals surface area contributed by atoms with E-state index in [4.69, 9.17) is 9.47 Å². The molecule has 0 saturated carbocycles. The van der Waals surface area contributed by atoms with Crippen LogP contribution < -0.4 is 9.64 Å². The van der Waals surface area contributed by atoms with E-state index in [2.05, 4.69) is 0 Å². The number of rotatable bonds is 4. The highest BCUT2D eigenvalue weighted by Gasteiger charge is 2.35. The Kier molecular flexibility index (Phi) is 4.13. The maximum Gasteiger partial charge on any atom is 0.271 e. The van der Waals surface area contributed by atoms with Crippen LogP contribution >= 0.6 is 0 Å². The summed E-state index contributed by atoms with van der Waals surface area (Å²) in [5.74, 6) is 0.331. The maximum absolute atomic E-state index is 12.3. The van der Waals surface area contributed by atoms with Crippen molar-refractivity contribution < 1.29 is 19.2 Å². The Labute approximate surface area is 122 Å². The number of carbonyl (C=O) groups is 1. The standard InChI is InChI=1S/C14H18N2O5/c1-14(2)9-15(13(17)6-7-20-3)11-8-10(16(18)19)4-5-12(11)21-14/h4-5,8H,6-7,9H2,1-3H3. The molecule has 0 N–H and O–H groups in total. The molecule has 21 heavy (non-hydrogen) atoms. The van der Waals surface area contributed by atoms with Gasteiger partial charge in [-0.05, 0) is 19.9 Å². The number of hydrogen-bond acceptors (Lipinski definition) is 5. The number of non-ortho nitro benzene ring substituents is 1. The molecule has 1 aromatic rings. The number of carbonyl (C=O) groups excluding carboxylic acids is 1. The highest BCUT2D eigenvalue weighted by molar-refractivity contribution is 5.96. The molecule has 7 heteroatoms. The molecular formula is C14H18N2O5. The fraction of sp³-hybridized carbons (Fsp3) is 0.500. The number of nitro groups is 1. The first-order valence-corrected chi connectivity index (χ1v) is 6.61. The fourth-order valence-corrected chi connectivity index (χ4v) is 2.26. The minimum atomic E-state index is -0.550. The minimum absolute atomic E-state index is 0.0680. The molecule has 0 saturated heterocycles. The topological polar surface area (TPSA) is 81.9 Å². The Morgan fingerprint density at radius 2 is 2.24 bits per heavy atom. The smallest absolute Gasteiger partial charge is 0.271 e. The van der Waals surface area contributed by atoms with Gasteiger partial charge in [0.25, 0.3) is 5.69 Å². The molecule has 1 aliphatic heterocycles. The summed E-state index contributed by atoms with van der Waals surface area (Å²) in [6, 6.07) is 4.28. The molecule has 0 aliphatic carbocycles. The van der Waals surface area contributed by atoms with Gasteiger partial charge in [0.15, 0.2) is 0 Å². The van der Waals surface area contributed by atoms with E-state index in [9.17, 15) is 14.9 Å². The maximum atomic E-state index is 12.3. The van der Waals surface area contributed by atoms with Crippen molar-refractivity contribution >= 4 is 17.3 Å². The predicted molar refractivity (Wildman–Crippen MR) is 76.6 cm³/mol. The van der Waals surface area contributed by atoms with Gasteiger partial charge >= 0.3 is 0 Å². The van der Waals surface area contributed by atoms with Crippen LogP contribution in [0.1, 0.15) is 20.3 Å². The predicted octanol–water partition coefficient (Wildman–Crippen LogP) is 2.14. The lowest BCUT2D eigenvalue weighted by Gasteiger charge is -2.39. The number of fused-ring (bicyclic) bond motifs is 1. The molecule has 0 fully saturated rings. The second-order valence-electron chi connectivity index (χ2n) is 5.49. The molecule has 0 radical (unpaired) electrons. The lowest BCUT2D eigenvalue weighted by atomic mass is 10.0. The molecule has 7 nitrogen and oxygen atoms in total. The normalized spacial score (nSPS) is 16.0. The molecule has 1 aromatic carbocycles.